The summed E-state index contributed by atoms with van der Waals surface area (Å²) >= 11 is 5.10. The fourth-order valence-corrected chi connectivity index (χ4v) is 1.99. The summed E-state index contributed by atoms with van der Waals surface area (Å²) in [6.45, 7) is 3.05. The van der Waals surface area contributed by atoms with Crippen LogP contribution in [0.4, 0.5) is 0 Å². The van der Waals surface area contributed by atoms with Crippen molar-refractivity contribution in [3.05, 3.63) is 12.2 Å². The lowest BCUT2D eigenvalue weighted by Crippen LogP contribution is -2.25. The van der Waals surface area contributed by atoms with E-state index in [4.69, 9.17) is 12.2 Å². The van der Waals surface area contributed by atoms with Gasteiger partial charge < -0.3 is 15.3 Å². The summed E-state index contributed by atoms with van der Waals surface area (Å²) in [5.74, 6) is 0. The lowest BCUT2D eigenvalue weighted by molar-refractivity contribution is 0.208. The Morgan fingerprint density at radius 1 is 1.62 bits per heavy atom. The van der Waals surface area contributed by atoms with Crippen LogP contribution in [0.25, 0.3) is 0 Å². The van der Waals surface area contributed by atoms with Gasteiger partial charge in [0.2, 0.25) is 0 Å². The number of nitrogens with zero attached hydrogens (tertiary/aromatic N) is 1. The molecule has 1 aliphatic rings. The Morgan fingerprint density at radius 3 is 2.94 bits per heavy atom. The minimum atomic E-state index is -0.312. The quantitative estimate of drug-likeness (QED) is 0.422. The highest BCUT2D eigenvalue weighted by atomic mass is 32.1. The highest BCUT2D eigenvalue weighted by molar-refractivity contribution is 7.80. The Labute approximate surface area is 104 Å². The molecule has 0 amide bonds. The van der Waals surface area contributed by atoms with Crippen molar-refractivity contribution in [3.63, 3.8) is 0 Å². The van der Waals surface area contributed by atoms with E-state index in [1.165, 1.54) is 12.8 Å². The summed E-state index contributed by atoms with van der Waals surface area (Å²) in [6.07, 6.45) is 7.93. The first-order chi connectivity index (χ1) is 7.63. The molecule has 1 heterocycles. The smallest absolute Gasteiger partial charge is 0.169 e. The Hall–Kier alpha value is -0.610. The molecule has 0 radical (unpaired) electrons. The van der Waals surface area contributed by atoms with Gasteiger partial charge in [0, 0.05) is 13.6 Å². The van der Waals surface area contributed by atoms with E-state index in [-0.39, 0.29) is 12.1 Å². The van der Waals surface area contributed by atoms with E-state index in [0.717, 1.165) is 24.5 Å². The first-order valence-corrected chi connectivity index (χ1v) is 6.42. The summed E-state index contributed by atoms with van der Waals surface area (Å²) in [5.41, 5.74) is 0. The van der Waals surface area contributed by atoms with Crippen molar-refractivity contribution < 1.29 is 5.11 Å². The molecule has 2 N–H and O–H groups in total. The van der Waals surface area contributed by atoms with Crippen LogP contribution in [0.2, 0.25) is 0 Å². The zero-order valence-corrected chi connectivity index (χ0v) is 11.0. The number of hydrogen-bond acceptors (Lipinski definition) is 2. The van der Waals surface area contributed by atoms with Crippen LogP contribution in [0.5, 0.6) is 0 Å². The maximum absolute atomic E-state index is 9.71. The van der Waals surface area contributed by atoms with E-state index in [0.29, 0.717) is 0 Å². The summed E-state index contributed by atoms with van der Waals surface area (Å²) in [4.78, 5) is 2.01. The van der Waals surface area contributed by atoms with Gasteiger partial charge in [-0.2, -0.15) is 0 Å². The third-order valence-electron chi connectivity index (χ3n) is 2.80. The molecule has 0 aliphatic carbocycles. The molecule has 1 aliphatic heterocycles. The van der Waals surface area contributed by atoms with Crippen molar-refractivity contribution in [1.82, 2.24) is 10.2 Å². The van der Waals surface area contributed by atoms with Gasteiger partial charge in [0.05, 0.1) is 12.1 Å². The molecule has 0 aromatic carbocycles. The number of aliphatic hydroxyl groups excluding tert-OH is 1. The molecule has 3 nitrogen and oxygen atoms in total. The highest BCUT2D eigenvalue weighted by Gasteiger charge is 2.19. The molecule has 92 valence electrons. The summed E-state index contributed by atoms with van der Waals surface area (Å²) < 4.78 is 0. The predicted octanol–water partition coefficient (Wildman–Crippen LogP) is 1.67. The third-order valence-corrected chi connectivity index (χ3v) is 3.22. The monoisotopic (exact) mass is 242 g/mol. The number of thiocarbonyl (C=S) groups is 1. The molecule has 1 rings (SSSR count). The Bertz CT molecular complexity index is 255. The second kappa shape index (κ2) is 6.86. The van der Waals surface area contributed by atoms with Crippen molar-refractivity contribution in [2.45, 2.75) is 44.8 Å². The highest BCUT2D eigenvalue weighted by Crippen LogP contribution is 2.07. The van der Waals surface area contributed by atoms with Crippen molar-refractivity contribution >= 4 is 17.3 Å². The predicted molar refractivity (Wildman–Crippen MR) is 71.4 cm³/mol. The van der Waals surface area contributed by atoms with Crippen LogP contribution in [0.1, 0.15) is 32.6 Å². The molecular formula is C12H22N2OS. The van der Waals surface area contributed by atoms with Crippen LogP contribution in [0.15, 0.2) is 12.2 Å². The largest absolute Gasteiger partial charge is 0.389 e. The number of nitrogens with one attached hydrogen (secondary N) is 1. The van der Waals surface area contributed by atoms with Gasteiger partial charge in [-0.1, -0.05) is 38.3 Å². The van der Waals surface area contributed by atoms with Crippen molar-refractivity contribution in [3.8, 4) is 0 Å². The minimum absolute atomic E-state index is 0.248. The number of aliphatic hydroxyl groups is 1. The van der Waals surface area contributed by atoms with Crippen LogP contribution in [0.3, 0.4) is 0 Å². The van der Waals surface area contributed by atoms with Gasteiger partial charge in [-0.05, 0) is 18.6 Å². The van der Waals surface area contributed by atoms with Crippen LogP contribution in [-0.2, 0) is 0 Å². The maximum Gasteiger partial charge on any atom is 0.169 e. The second-order valence-electron chi connectivity index (χ2n) is 4.38. The van der Waals surface area contributed by atoms with Gasteiger partial charge in [-0.15, -0.1) is 0 Å². The Balaban J connectivity index is 2.23. The molecule has 1 saturated heterocycles. The molecule has 16 heavy (non-hydrogen) atoms. The molecule has 0 aromatic rings. The van der Waals surface area contributed by atoms with Gasteiger partial charge >= 0.3 is 0 Å². The number of unbranched alkanes of at least 4 members (excludes halogenated alkanes) is 2. The zero-order chi connectivity index (χ0) is 12.0. The summed E-state index contributed by atoms with van der Waals surface area (Å²) in [6, 6.07) is 0.248. The van der Waals surface area contributed by atoms with Gasteiger partial charge in [0.25, 0.3) is 0 Å². The van der Waals surface area contributed by atoms with Gasteiger partial charge in [-0.3, -0.25) is 0 Å². The maximum atomic E-state index is 9.71. The lowest BCUT2D eigenvalue weighted by Gasteiger charge is -2.07. The average molecular weight is 242 g/mol. The van der Waals surface area contributed by atoms with Crippen molar-refractivity contribution in [2.24, 2.45) is 0 Å². The summed E-state index contributed by atoms with van der Waals surface area (Å²) in [5, 5.41) is 13.7. The Morgan fingerprint density at radius 2 is 2.38 bits per heavy atom. The molecule has 0 saturated carbocycles. The first-order valence-electron chi connectivity index (χ1n) is 6.01. The van der Waals surface area contributed by atoms with E-state index in [9.17, 15) is 5.11 Å². The van der Waals surface area contributed by atoms with Crippen molar-refractivity contribution in [2.75, 3.05) is 13.6 Å². The molecular weight excluding hydrogens is 220 g/mol. The molecule has 0 spiro atoms. The van der Waals surface area contributed by atoms with Crippen LogP contribution in [-0.4, -0.2) is 40.9 Å². The molecule has 0 aromatic heterocycles. The fourth-order valence-electron chi connectivity index (χ4n) is 1.76. The minimum Gasteiger partial charge on any atom is -0.389 e. The zero-order valence-electron chi connectivity index (χ0n) is 10.1. The van der Waals surface area contributed by atoms with Gasteiger partial charge in [0.15, 0.2) is 5.11 Å². The van der Waals surface area contributed by atoms with Gasteiger partial charge in [0.1, 0.15) is 0 Å². The normalized spacial score (nSPS) is 22.8. The molecule has 0 bridgehead atoms. The van der Waals surface area contributed by atoms with E-state index < -0.39 is 0 Å². The first kappa shape index (κ1) is 13.5. The topological polar surface area (TPSA) is 35.5 Å². The van der Waals surface area contributed by atoms with Crippen LogP contribution in [0, 0.1) is 0 Å². The van der Waals surface area contributed by atoms with Gasteiger partial charge in [-0.25, -0.2) is 0 Å². The van der Waals surface area contributed by atoms with E-state index in [1.807, 2.05) is 24.1 Å². The molecule has 2 atom stereocenters. The summed E-state index contributed by atoms with van der Waals surface area (Å²) in [7, 11) is 1.97. The second-order valence-corrected chi connectivity index (χ2v) is 4.77. The van der Waals surface area contributed by atoms with Crippen molar-refractivity contribution in [1.29, 1.82) is 0 Å². The molecule has 1 fully saturated rings. The molecule has 4 heteroatoms. The van der Waals surface area contributed by atoms with Crippen LogP contribution < -0.4 is 5.32 Å². The number of rotatable bonds is 6. The third kappa shape index (κ3) is 4.49. The SMILES string of the molecule is CCCCCC(O)/C=C/C1CN(C)C(=S)N1. The number of likely N-dealkylation sites (N-methyl/N-ethyl adjacent to an activating group) is 1. The standard InChI is InChI=1S/C12H22N2OS/c1-3-4-5-6-11(15)8-7-10-9-14(2)12(16)13-10/h7-8,10-11,15H,3-6,9H2,1-2H3,(H,13,16)/b8-7+. The lowest BCUT2D eigenvalue weighted by atomic mass is 10.1. The number of hydrogen-bond donors (Lipinski definition) is 2. The van der Waals surface area contributed by atoms with E-state index in [1.54, 1.807) is 0 Å². The average Bonchev–Trinajstić information content (AvgIpc) is 2.56. The van der Waals surface area contributed by atoms with E-state index in [2.05, 4.69) is 12.2 Å². The van der Waals surface area contributed by atoms with Crippen LogP contribution >= 0.6 is 12.2 Å². The Kier molecular flexibility index (Phi) is 5.77. The van der Waals surface area contributed by atoms with E-state index >= 15 is 0 Å². The fraction of sp³-hybridized carbons (Fsp3) is 0.750. The molecule has 2 unspecified atom stereocenters.